The van der Waals surface area contributed by atoms with Crippen molar-refractivity contribution in [3.8, 4) is 0 Å². The molecule has 144 valence electrons. The SMILES string of the molecule is CCN(c1ccc(C(=O)NNC(=O)CNc2ccc(C)cc2)cc1)C(C)C. The van der Waals surface area contributed by atoms with Crippen molar-refractivity contribution in [1.82, 2.24) is 10.9 Å². The van der Waals surface area contributed by atoms with Crippen LogP contribution in [-0.2, 0) is 4.79 Å². The number of hydrogen-bond donors (Lipinski definition) is 3. The molecule has 0 heterocycles. The minimum absolute atomic E-state index is 0.0716. The molecule has 0 fully saturated rings. The molecule has 0 aromatic heterocycles. The highest BCUT2D eigenvalue weighted by molar-refractivity contribution is 5.96. The number of nitrogens with zero attached hydrogens (tertiary/aromatic N) is 1. The van der Waals surface area contributed by atoms with Crippen LogP contribution in [0.15, 0.2) is 48.5 Å². The van der Waals surface area contributed by atoms with Gasteiger partial charge in [0.25, 0.3) is 11.8 Å². The Morgan fingerprint density at radius 2 is 1.59 bits per heavy atom. The summed E-state index contributed by atoms with van der Waals surface area (Å²) in [6.45, 7) is 9.33. The van der Waals surface area contributed by atoms with Crippen LogP contribution in [0.1, 0.15) is 36.7 Å². The largest absolute Gasteiger partial charge is 0.376 e. The van der Waals surface area contributed by atoms with Crippen LogP contribution in [-0.4, -0.2) is 30.9 Å². The van der Waals surface area contributed by atoms with E-state index in [1.165, 1.54) is 0 Å². The molecule has 0 saturated carbocycles. The molecule has 0 bridgehead atoms. The van der Waals surface area contributed by atoms with Gasteiger partial charge in [0, 0.05) is 29.5 Å². The zero-order valence-corrected chi connectivity index (χ0v) is 16.4. The summed E-state index contributed by atoms with van der Waals surface area (Å²) in [5.74, 6) is -0.671. The highest BCUT2D eigenvalue weighted by Gasteiger charge is 2.11. The van der Waals surface area contributed by atoms with Gasteiger partial charge in [-0.05, 0) is 64.1 Å². The van der Waals surface area contributed by atoms with Gasteiger partial charge in [0.15, 0.2) is 0 Å². The van der Waals surface area contributed by atoms with Gasteiger partial charge >= 0.3 is 0 Å². The zero-order valence-electron chi connectivity index (χ0n) is 16.4. The van der Waals surface area contributed by atoms with Crippen LogP contribution >= 0.6 is 0 Å². The molecular weight excluding hydrogens is 340 g/mol. The van der Waals surface area contributed by atoms with Crippen LogP contribution in [0.3, 0.4) is 0 Å². The van der Waals surface area contributed by atoms with E-state index in [-0.39, 0.29) is 18.4 Å². The summed E-state index contributed by atoms with van der Waals surface area (Å²) in [7, 11) is 0. The maximum atomic E-state index is 12.2. The van der Waals surface area contributed by atoms with Crippen LogP contribution in [0.5, 0.6) is 0 Å². The van der Waals surface area contributed by atoms with Crippen molar-refractivity contribution in [3.05, 3.63) is 59.7 Å². The van der Waals surface area contributed by atoms with Crippen molar-refractivity contribution in [2.45, 2.75) is 33.7 Å². The molecule has 0 atom stereocenters. The van der Waals surface area contributed by atoms with Crippen LogP contribution < -0.4 is 21.1 Å². The Kier molecular flexibility index (Phi) is 7.23. The lowest BCUT2D eigenvalue weighted by Crippen LogP contribution is -2.44. The molecule has 2 aromatic rings. The molecule has 2 rings (SSSR count). The highest BCUT2D eigenvalue weighted by Crippen LogP contribution is 2.17. The second-order valence-electron chi connectivity index (χ2n) is 6.65. The van der Waals surface area contributed by atoms with E-state index in [9.17, 15) is 9.59 Å². The van der Waals surface area contributed by atoms with E-state index >= 15 is 0 Å². The fourth-order valence-electron chi connectivity index (χ4n) is 2.75. The van der Waals surface area contributed by atoms with Gasteiger partial charge in [-0.3, -0.25) is 20.4 Å². The molecule has 6 nitrogen and oxygen atoms in total. The number of nitrogens with one attached hydrogen (secondary N) is 3. The fourth-order valence-corrected chi connectivity index (χ4v) is 2.75. The second kappa shape index (κ2) is 9.62. The van der Waals surface area contributed by atoms with E-state index in [4.69, 9.17) is 0 Å². The molecule has 0 aliphatic rings. The van der Waals surface area contributed by atoms with E-state index in [0.29, 0.717) is 11.6 Å². The minimum Gasteiger partial charge on any atom is -0.376 e. The smallest absolute Gasteiger partial charge is 0.269 e. The molecule has 0 radical (unpaired) electrons. The minimum atomic E-state index is -0.349. The van der Waals surface area contributed by atoms with Crippen LogP contribution in [0.25, 0.3) is 0 Å². The summed E-state index contributed by atoms with van der Waals surface area (Å²) < 4.78 is 0. The number of hydrogen-bond acceptors (Lipinski definition) is 4. The third-order valence-electron chi connectivity index (χ3n) is 4.25. The van der Waals surface area contributed by atoms with E-state index in [1.807, 2.05) is 43.3 Å². The molecule has 0 spiro atoms. The van der Waals surface area contributed by atoms with Crippen molar-refractivity contribution in [1.29, 1.82) is 0 Å². The van der Waals surface area contributed by atoms with Crippen molar-refractivity contribution in [3.63, 3.8) is 0 Å². The Hall–Kier alpha value is -3.02. The summed E-state index contributed by atoms with van der Waals surface area (Å²) in [5, 5.41) is 3.00. The van der Waals surface area contributed by atoms with Crippen molar-refractivity contribution in [2.24, 2.45) is 0 Å². The maximum Gasteiger partial charge on any atom is 0.269 e. The summed E-state index contributed by atoms with van der Waals surface area (Å²) in [6, 6.07) is 15.5. The number of aryl methyl sites for hydroxylation is 1. The molecule has 0 aliphatic carbocycles. The number of benzene rings is 2. The standard InChI is InChI=1S/C21H28N4O2/c1-5-25(15(2)3)19-12-8-17(9-13-19)21(27)24-23-20(26)14-22-18-10-6-16(4)7-11-18/h6-13,15,22H,5,14H2,1-4H3,(H,23,26)(H,24,27). The van der Waals surface area contributed by atoms with E-state index in [1.54, 1.807) is 12.1 Å². The average Bonchev–Trinajstić information content (AvgIpc) is 2.66. The summed E-state index contributed by atoms with van der Waals surface area (Å²) in [5.41, 5.74) is 8.41. The third-order valence-corrected chi connectivity index (χ3v) is 4.25. The van der Waals surface area contributed by atoms with Crippen LogP contribution in [0, 0.1) is 6.92 Å². The van der Waals surface area contributed by atoms with Gasteiger partial charge in [0.2, 0.25) is 0 Å². The number of anilines is 2. The number of carbonyl (C=O) groups is 2. The first-order valence-electron chi connectivity index (χ1n) is 9.17. The van der Waals surface area contributed by atoms with Crippen LogP contribution in [0.2, 0.25) is 0 Å². The Morgan fingerprint density at radius 1 is 0.963 bits per heavy atom. The molecule has 27 heavy (non-hydrogen) atoms. The van der Waals surface area contributed by atoms with Crippen LogP contribution in [0.4, 0.5) is 11.4 Å². The predicted molar refractivity (Wildman–Crippen MR) is 110 cm³/mol. The number of hydrazine groups is 1. The predicted octanol–water partition coefficient (Wildman–Crippen LogP) is 3.10. The Bertz CT molecular complexity index is 755. The molecule has 2 aromatic carbocycles. The first-order valence-corrected chi connectivity index (χ1v) is 9.17. The van der Waals surface area contributed by atoms with Gasteiger partial charge in [-0.25, -0.2) is 0 Å². The first kappa shape index (κ1) is 20.3. The molecular formula is C21H28N4O2. The summed E-state index contributed by atoms with van der Waals surface area (Å²) in [6.07, 6.45) is 0. The van der Waals surface area contributed by atoms with Gasteiger partial charge < -0.3 is 10.2 Å². The van der Waals surface area contributed by atoms with Crippen molar-refractivity contribution >= 4 is 23.2 Å². The van der Waals surface area contributed by atoms with Gasteiger partial charge in [0.1, 0.15) is 0 Å². The summed E-state index contributed by atoms with van der Waals surface area (Å²) >= 11 is 0. The molecule has 0 aliphatic heterocycles. The van der Waals surface area contributed by atoms with Gasteiger partial charge in [-0.2, -0.15) is 0 Å². The lowest BCUT2D eigenvalue weighted by atomic mass is 10.1. The topological polar surface area (TPSA) is 73.5 Å². The lowest BCUT2D eigenvalue weighted by Gasteiger charge is -2.27. The lowest BCUT2D eigenvalue weighted by molar-refractivity contribution is -0.120. The van der Waals surface area contributed by atoms with Gasteiger partial charge in [-0.15, -0.1) is 0 Å². The molecule has 2 amide bonds. The van der Waals surface area contributed by atoms with E-state index in [2.05, 4.69) is 41.8 Å². The van der Waals surface area contributed by atoms with E-state index in [0.717, 1.165) is 23.5 Å². The van der Waals surface area contributed by atoms with Gasteiger partial charge in [-0.1, -0.05) is 17.7 Å². The summed E-state index contributed by atoms with van der Waals surface area (Å²) in [4.78, 5) is 26.3. The first-order chi connectivity index (χ1) is 12.9. The Labute approximate surface area is 160 Å². The van der Waals surface area contributed by atoms with Crippen molar-refractivity contribution < 1.29 is 9.59 Å². The number of carbonyl (C=O) groups excluding carboxylic acids is 2. The second-order valence-corrected chi connectivity index (χ2v) is 6.65. The Balaban J connectivity index is 1.82. The number of amides is 2. The fraction of sp³-hybridized carbons (Fsp3) is 0.333. The molecule has 3 N–H and O–H groups in total. The third kappa shape index (κ3) is 6.02. The van der Waals surface area contributed by atoms with E-state index < -0.39 is 0 Å². The quantitative estimate of drug-likeness (QED) is 0.657. The normalized spacial score (nSPS) is 10.4. The molecule has 0 unspecified atom stereocenters. The molecule has 0 saturated heterocycles. The van der Waals surface area contributed by atoms with Crippen molar-refractivity contribution in [2.75, 3.05) is 23.3 Å². The highest BCUT2D eigenvalue weighted by atomic mass is 16.2. The zero-order chi connectivity index (χ0) is 19.8. The maximum absolute atomic E-state index is 12.2. The average molecular weight is 368 g/mol. The monoisotopic (exact) mass is 368 g/mol. The van der Waals surface area contributed by atoms with Gasteiger partial charge in [0.05, 0.1) is 6.54 Å². The molecule has 6 heteroatoms. The Morgan fingerprint density at radius 3 is 2.15 bits per heavy atom. The number of rotatable bonds is 7.